The van der Waals surface area contributed by atoms with Crippen LogP contribution >= 0.6 is 0 Å². The third-order valence-corrected chi connectivity index (χ3v) is 4.06. The first-order chi connectivity index (χ1) is 9.72. The highest BCUT2D eigenvalue weighted by Gasteiger charge is 2.21. The van der Waals surface area contributed by atoms with Crippen molar-refractivity contribution >= 4 is 17.3 Å². The highest BCUT2D eigenvalue weighted by atomic mass is 16.2. The molecule has 0 amide bonds. The van der Waals surface area contributed by atoms with Crippen molar-refractivity contribution in [3.05, 3.63) is 0 Å². The SMILES string of the molecule is O=C1CCCCCCCCCCCCCCC(=O)C1=O. The van der Waals surface area contributed by atoms with Gasteiger partial charge in [0.15, 0.2) is 0 Å². The minimum absolute atomic E-state index is 0.255. The first kappa shape index (κ1) is 17.1. The number of ketones is 3. The lowest BCUT2D eigenvalue weighted by Gasteiger charge is -2.02. The largest absolute Gasteiger partial charge is 0.290 e. The Kier molecular flexibility index (Phi) is 9.18. The quantitative estimate of drug-likeness (QED) is 0.626. The molecule has 1 rings (SSSR count). The zero-order valence-electron chi connectivity index (χ0n) is 12.6. The van der Waals surface area contributed by atoms with E-state index in [0.29, 0.717) is 0 Å². The Hall–Kier alpha value is -0.990. The van der Waals surface area contributed by atoms with Crippen LogP contribution in [-0.4, -0.2) is 17.3 Å². The minimum Gasteiger partial charge on any atom is -0.290 e. The second kappa shape index (κ2) is 10.8. The van der Waals surface area contributed by atoms with Crippen LogP contribution in [0.15, 0.2) is 0 Å². The van der Waals surface area contributed by atoms with Gasteiger partial charge in [0.05, 0.1) is 0 Å². The molecule has 1 aliphatic rings. The standard InChI is InChI=1S/C17H28O3/c18-15-13-11-9-7-5-3-1-2-4-6-8-10-12-14-16(19)17(15)20/h1-14H2. The van der Waals surface area contributed by atoms with Gasteiger partial charge in [-0.2, -0.15) is 0 Å². The van der Waals surface area contributed by atoms with E-state index in [-0.39, 0.29) is 12.8 Å². The van der Waals surface area contributed by atoms with Crippen LogP contribution in [0.3, 0.4) is 0 Å². The number of Topliss-reactive ketones (excluding diaryl/α,β-unsaturated/α-hetero) is 3. The van der Waals surface area contributed by atoms with Crippen molar-refractivity contribution in [3.63, 3.8) is 0 Å². The Labute approximate surface area is 122 Å². The Balaban J connectivity index is 2.36. The maximum atomic E-state index is 11.6. The highest BCUT2D eigenvalue weighted by molar-refractivity contribution is 6.63. The van der Waals surface area contributed by atoms with Crippen molar-refractivity contribution in [2.45, 2.75) is 89.9 Å². The fourth-order valence-corrected chi connectivity index (χ4v) is 2.72. The number of carbonyl (C=O) groups excluding carboxylic acids is 3. The fourth-order valence-electron chi connectivity index (χ4n) is 2.72. The van der Waals surface area contributed by atoms with Crippen molar-refractivity contribution in [2.75, 3.05) is 0 Å². The Morgan fingerprint density at radius 2 is 0.650 bits per heavy atom. The van der Waals surface area contributed by atoms with Crippen molar-refractivity contribution in [1.29, 1.82) is 0 Å². The second-order valence-corrected chi connectivity index (χ2v) is 5.92. The topological polar surface area (TPSA) is 51.2 Å². The van der Waals surface area contributed by atoms with Gasteiger partial charge in [0.1, 0.15) is 0 Å². The maximum Gasteiger partial charge on any atom is 0.264 e. The van der Waals surface area contributed by atoms with E-state index in [4.69, 9.17) is 0 Å². The summed E-state index contributed by atoms with van der Waals surface area (Å²) in [5.74, 6) is -1.70. The summed E-state index contributed by atoms with van der Waals surface area (Å²) >= 11 is 0. The van der Waals surface area contributed by atoms with Crippen LogP contribution in [0.1, 0.15) is 89.9 Å². The molecule has 0 unspecified atom stereocenters. The van der Waals surface area contributed by atoms with E-state index in [0.717, 1.165) is 38.5 Å². The molecular formula is C17H28O3. The van der Waals surface area contributed by atoms with Crippen molar-refractivity contribution in [2.24, 2.45) is 0 Å². The van der Waals surface area contributed by atoms with E-state index in [9.17, 15) is 14.4 Å². The van der Waals surface area contributed by atoms with Gasteiger partial charge in [0, 0.05) is 12.8 Å². The molecule has 0 aromatic carbocycles. The van der Waals surface area contributed by atoms with E-state index in [1.807, 2.05) is 0 Å². The van der Waals surface area contributed by atoms with Crippen molar-refractivity contribution < 1.29 is 14.4 Å². The molecule has 0 saturated heterocycles. The molecule has 1 saturated carbocycles. The number of hydrogen-bond donors (Lipinski definition) is 0. The van der Waals surface area contributed by atoms with Gasteiger partial charge in [-0.15, -0.1) is 0 Å². The predicted molar refractivity (Wildman–Crippen MR) is 79.7 cm³/mol. The molecule has 3 heteroatoms. The summed E-state index contributed by atoms with van der Waals surface area (Å²) in [5, 5.41) is 0. The zero-order chi connectivity index (χ0) is 14.6. The Bertz CT molecular complexity index is 290. The van der Waals surface area contributed by atoms with E-state index < -0.39 is 17.3 Å². The monoisotopic (exact) mass is 280 g/mol. The number of carbonyl (C=O) groups is 3. The molecule has 0 aromatic rings. The maximum absolute atomic E-state index is 11.6. The first-order valence-corrected chi connectivity index (χ1v) is 8.32. The molecule has 20 heavy (non-hydrogen) atoms. The molecule has 1 aliphatic carbocycles. The summed E-state index contributed by atoms with van der Waals surface area (Å²) in [6, 6.07) is 0. The Morgan fingerprint density at radius 1 is 0.400 bits per heavy atom. The lowest BCUT2D eigenvalue weighted by Crippen LogP contribution is -2.23. The van der Waals surface area contributed by atoms with Crippen molar-refractivity contribution in [1.82, 2.24) is 0 Å². The van der Waals surface area contributed by atoms with Crippen LogP contribution in [-0.2, 0) is 14.4 Å². The van der Waals surface area contributed by atoms with Gasteiger partial charge in [0.25, 0.3) is 5.78 Å². The van der Waals surface area contributed by atoms with Gasteiger partial charge in [-0.05, 0) is 12.8 Å². The highest BCUT2D eigenvalue weighted by Crippen LogP contribution is 2.14. The smallest absolute Gasteiger partial charge is 0.264 e. The summed E-state index contributed by atoms with van der Waals surface area (Å²) in [4.78, 5) is 34.8. The summed E-state index contributed by atoms with van der Waals surface area (Å²) in [6.45, 7) is 0. The molecule has 1 fully saturated rings. The molecule has 0 heterocycles. The number of hydrogen-bond acceptors (Lipinski definition) is 3. The van der Waals surface area contributed by atoms with Crippen LogP contribution in [0, 0.1) is 0 Å². The summed E-state index contributed by atoms with van der Waals surface area (Å²) in [5.41, 5.74) is 0. The van der Waals surface area contributed by atoms with Gasteiger partial charge < -0.3 is 0 Å². The van der Waals surface area contributed by atoms with E-state index >= 15 is 0 Å². The molecule has 3 nitrogen and oxygen atoms in total. The van der Waals surface area contributed by atoms with Gasteiger partial charge in [-0.3, -0.25) is 14.4 Å². The van der Waals surface area contributed by atoms with Crippen LogP contribution in [0.2, 0.25) is 0 Å². The average Bonchev–Trinajstić information content (AvgIpc) is 2.45. The fraction of sp³-hybridized carbons (Fsp3) is 0.824. The lowest BCUT2D eigenvalue weighted by molar-refractivity contribution is -0.144. The molecule has 114 valence electrons. The number of rotatable bonds is 0. The molecule has 0 atom stereocenters. The first-order valence-electron chi connectivity index (χ1n) is 8.32. The van der Waals surface area contributed by atoms with Crippen molar-refractivity contribution in [3.8, 4) is 0 Å². The minimum atomic E-state index is -0.755. The van der Waals surface area contributed by atoms with Crippen LogP contribution in [0.5, 0.6) is 0 Å². The predicted octanol–water partition coefficient (Wildman–Crippen LogP) is 4.17. The van der Waals surface area contributed by atoms with Crippen LogP contribution in [0.4, 0.5) is 0 Å². The van der Waals surface area contributed by atoms with Gasteiger partial charge in [-0.25, -0.2) is 0 Å². The van der Waals surface area contributed by atoms with Gasteiger partial charge in [0.2, 0.25) is 11.6 Å². The van der Waals surface area contributed by atoms with E-state index in [2.05, 4.69) is 0 Å². The third kappa shape index (κ3) is 7.56. The van der Waals surface area contributed by atoms with Crippen LogP contribution < -0.4 is 0 Å². The molecule has 0 aromatic heterocycles. The van der Waals surface area contributed by atoms with Gasteiger partial charge >= 0.3 is 0 Å². The average molecular weight is 280 g/mol. The third-order valence-electron chi connectivity index (χ3n) is 4.06. The molecule has 0 radical (unpaired) electrons. The van der Waals surface area contributed by atoms with Gasteiger partial charge in [-0.1, -0.05) is 64.2 Å². The zero-order valence-corrected chi connectivity index (χ0v) is 12.6. The summed E-state index contributed by atoms with van der Waals surface area (Å²) in [7, 11) is 0. The second-order valence-electron chi connectivity index (χ2n) is 5.92. The normalized spacial score (nSPS) is 22.5. The Morgan fingerprint density at radius 3 is 0.950 bits per heavy atom. The molecule has 0 bridgehead atoms. The molecule has 0 aliphatic heterocycles. The summed E-state index contributed by atoms with van der Waals surface area (Å²) in [6.07, 6.45) is 13.9. The van der Waals surface area contributed by atoms with E-state index in [1.54, 1.807) is 0 Å². The summed E-state index contributed by atoms with van der Waals surface area (Å²) < 4.78 is 0. The molecule has 0 spiro atoms. The van der Waals surface area contributed by atoms with E-state index in [1.165, 1.54) is 38.5 Å². The lowest BCUT2D eigenvalue weighted by atomic mass is 10.0. The van der Waals surface area contributed by atoms with Crippen LogP contribution in [0.25, 0.3) is 0 Å². The molecule has 0 N–H and O–H groups in total. The molecular weight excluding hydrogens is 252 g/mol.